The lowest BCUT2D eigenvalue weighted by Gasteiger charge is -2.05. The minimum absolute atomic E-state index is 0.218. The number of rotatable bonds is 14. The maximum absolute atomic E-state index is 11.4. The highest BCUT2D eigenvalue weighted by molar-refractivity contribution is 5.72. The predicted molar refractivity (Wildman–Crippen MR) is 83.9 cm³/mol. The molecule has 0 unspecified atom stereocenters. The summed E-state index contributed by atoms with van der Waals surface area (Å²) >= 11 is 0. The minimum atomic E-state index is -0.297. The van der Waals surface area contributed by atoms with Crippen LogP contribution in [0.1, 0.15) is 70.6 Å². The molecule has 0 rings (SSSR count). The van der Waals surface area contributed by atoms with Gasteiger partial charge >= 0.3 is 11.9 Å². The zero-order valence-corrected chi connectivity index (χ0v) is 13.7. The van der Waals surface area contributed by atoms with Crippen LogP contribution in [-0.2, 0) is 19.1 Å². The lowest BCUT2D eigenvalue weighted by Crippen LogP contribution is -2.09. The van der Waals surface area contributed by atoms with Gasteiger partial charge in [0, 0.05) is 25.7 Å². The van der Waals surface area contributed by atoms with Gasteiger partial charge in [0.05, 0.1) is 25.4 Å². The van der Waals surface area contributed by atoms with Crippen molar-refractivity contribution in [2.45, 2.75) is 70.6 Å². The zero-order valence-electron chi connectivity index (χ0n) is 13.7. The molecule has 0 spiro atoms. The van der Waals surface area contributed by atoms with Crippen molar-refractivity contribution in [2.75, 3.05) is 13.2 Å². The molecule has 0 radical (unpaired) electrons. The van der Waals surface area contributed by atoms with Crippen molar-refractivity contribution < 1.29 is 19.1 Å². The average Bonchev–Trinajstić information content (AvgIpc) is 2.54. The van der Waals surface area contributed by atoms with E-state index in [1.165, 1.54) is 0 Å². The summed E-state index contributed by atoms with van der Waals surface area (Å²) in [5.74, 6) is -0.593. The van der Waals surface area contributed by atoms with Crippen LogP contribution in [0.5, 0.6) is 0 Å². The third kappa shape index (κ3) is 16.1. The number of nitriles is 2. The Kier molecular flexibility index (Phi) is 14.8. The molecule has 0 amide bonds. The Bertz CT molecular complexity index is 372. The highest BCUT2D eigenvalue weighted by Gasteiger charge is 2.07. The maximum Gasteiger partial charge on any atom is 0.305 e. The van der Waals surface area contributed by atoms with E-state index in [9.17, 15) is 9.59 Å². The Labute approximate surface area is 138 Å². The van der Waals surface area contributed by atoms with Gasteiger partial charge in [0.25, 0.3) is 0 Å². The van der Waals surface area contributed by atoms with Crippen LogP contribution in [-0.4, -0.2) is 25.2 Å². The van der Waals surface area contributed by atoms with E-state index in [2.05, 4.69) is 12.1 Å². The molecule has 0 heterocycles. The van der Waals surface area contributed by atoms with Gasteiger partial charge in [-0.3, -0.25) is 9.59 Å². The van der Waals surface area contributed by atoms with Crippen molar-refractivity contribution in [3.05, 3.63) is 0 Å². The maximum atomic E-state index is 11.4. The van der Waals surface area contributed by atoms with Gasteiger partial charge in [-0.25, -0.2) is 0 Å². The van der Waals surface area contributed by atoms with Gasteiger partial charge in [0.15, 0.2) is 0 Å². The summed E-state index contributed by atoms with van der Waals surface area (Å²) in [6.07, 6.45) is 6.88. The van der Waals surface area contributed by atoms with Gasteiger partial charge < -0.3 is 9.47 Å². The van der Waals surface area contributed by atoms with Gasteiger partial charge in [0.1, 0.15) is 0 Å². The number of ether oxygens (including phenoxy) is 2. The van der Waals surface area contributed by atoms with Gasteiger partial charge in [-0.15, -0.1) is 0 Å². The second-order valence-electron chi connectivity index (χ2n) is 5.23. The normalized spacial score (nSPS) is 9.65. The highest BCUT2D eigenvalue weighted by atomic mass is 16.5. The van der Waals surface area contributed by atoms with Crippen molar-refractivity contribution in [3.63, 3.8) is 0 Å². The van der Waals surface area contributed by atoms with Crippen LogP contribution in [0.15, 0.2) is 0 Å². The van der Waals surface area contributed by atoms with Gasteiger partial charge in [-0.2, -0.15) is 10.5 Å². The van der Waals surface area contributed by atoms with Crippen LogP contribution in [0.3, 0.4) is 0 Å². The first-order valence-electron chi connectivity index (χ1n) is 8.26. The fourth-order valence-corrected chi connectivity index (χ4v) is 1.86. The topological polar surface area (TPSA) is 100 Å². The van der Waals surface area contributed by atoms with Crippen LogP contribution in [0.2, 0.25) is 0 Å². The Morgan fingerprint density at radius 3 is 1.48 bits per heavy atom. The van der Waals surface area contributed by atoms with Gasteiger partial charge in [-0.1, -0.05) is 0 Å². The number of nitrogens with zero attached hydrogens (tertiary/aromatic N) is 2. The van der Waals surface area contributed by atoms with Gasteiger partial charge in [-0.05, 0) is 44.9 Å². The van der Waals surface area contributed by atoms with E-state index < -0.39 is 0 Å². The minimum Gasteiger partial charge on any atom is -0.466 e. The Morgan fingerprint density at radius 2 is 1.09 bits per heavy atom. The third-order valence-electron chi connectivity index (χ3n) is 3.15. The van der Waals surface area contributed by atoms with E-state index in [0.29, 0.717) is 32.5 Å². The number of hydrogen-bond acceptors (Lipinski definition) is 6. The summed E-state index contributed by atoms with van der Waals surface area (Å²) in [6.45, 7) is 0.745. The fraction of sp³-hybridized carbons (Fsp3) is 0.765. The fourth-order valence-electron chi connectivity index (χ4n) is 1.86. The van der Waals surface area contributed by atoms with Crippen molar-refractivity contribution in [3.8, 4) is 12.1 Å². The summed E-state index contributed by atoms with van der Waals surface area (Å²) in [7, 11) is 0. The Morgan fingerprint density at radius 1 is 0.652 bits per heavy atom. The zero-order chi connectivity index (χ0) is 17.2. The van der Waals surface area contributed by atoms with E-state index in [1.807, 2.05) is 0 Å². The molecule has 128 valence electrons. The molecular formula is C17H26N2O4. The predicted octanol–water partition coefficient (Wildman–Crippen LogP) is 3.41. The molecule has 0 aromatic carbocycles. The standard InChI is InChI=1S/C17H26N2O4/c18-12-5-1-3-7-14-22-16(20)10-9-11-17(21)23-15-8-4-2-6-13-19/h1-11,14-15H2. The van der Waals surface area contributed by atoms with Gasteiger partial charge in [0.2, 0.25) is 0 Å². The summed E-state index contributed by atoms with van der Waals surface area (Å²) in [6, 6.07) is 4.14. The summed E-state index contributed by atoms with van der Waals surface area (Å²) < 4.78 is 10.1. The summed E-state index contributed by atoms with van der Waals surface area (Å²) in [5.41, 5.74) is 0. The summed E-state index contributed by atoms with van der Waals surface area (Å²) in [4.78, 5) is 22.8. The van der Waals surface area contributed by atoms with Crippen molar-refractivity contribution in [2.24, 2.45) is 0 Å². The first kappa shape index (κ1) is 20.9. The van der Waals surface area contributed by atoms with E-state index in [0.717, 1.165) is 38.5 Å². The number of hydrogen-bond donors (Lipinski definition) is 0. The summed E-state index contributed by atoms with van der Waals surface area (Å²) in [5, 5.41) is 16.7. The molecule has 0 N–H and O–H groups in total. The van der Waals surface area contributed by atoms with Crippen molar-refractivity contribution >= 4 is 11.9 Å². The first-order chi connectivity index (χ1) is 11.2. The van der Waals surface area contributed by atoms with E-state index in [4.69, 9.17) is 20.0 Å². The number of carbonyl (C=O) groups is 2. The lowest BCUT2D eigenvalue weighted by molar-refractivity contribution is -0.145. The Balaban J connectivity index is 3.37. The third-order valence-corrected chi connectivity index (χ3v) is 3.15. The quantitative estimate of drug-likeness (QED) is 0.359. The van der Waals surface area contributed by atoms with E-state index >= 15 is 0 Å². The van der Waals surface area contributed by atoms with Crippen molar-refractivity contribution in [1.29, 1.82) is 10.5 Å². The molecule has 0 saturated heterocycles. The van der Waals surface area contributed by atoms with Crippen LogP contribution < -0.4 is 0 Å². The highest BCUT2D eigenvalue weighted by Crippen LogP contribution is 2.04. The second kappa shape index (κ2) is 16.3. The monoisotopic (exact) mass is 322 g/mol. The second-order valence-corrected chi connectivity index (χ2v) is 5.23. The molecule has 0 aliphatic rings. The smallest absolute Gasteiger partial charge is 0.305 e. The van der Waals surface area contributed by atoms with E-state index in [1.54, 1.807) is 0 Å². The molecule has 0 aromatic heterocycles. The Hall–Kier alpha value is -2.08. The molecule has 0 atom stereocenters. The largest absolute Gasteiger partial charge is 0.466 e. The van der Waals surface area contributed by atoms with E-state index in [-0.39, 0.29) is 24.8 Å². The molecular weight excluding hydrogens is 296 g/mol. The molecule has 0 fully saturated rings. The molecule has 6 heteroatoms. The number of unbranched alkanes of at least 4 members (excludes halogenated alkanes) is 6. The molecule has 0 aromatic rings. The molecule has 23 heavy (non-hydrogen) atoms. The van der Waals surface area contributed by atoms with Crippen LogP contribution >= 0.6 is 0 Å². The SMILES string of the molecule is N#CCCCCCOC(=O)CCCC(=O)OCCCCCC#N. The number of carbonyl (C=O) groups excluding carboxylic acids is 2. The molecule has 0 aliphatic heterocycles. The average molecular weight is 322 g/mol. The molecule has 0 saturated carbocycles. The molecule has 6 nitrogen and oxygen atoms in total. The number of esters is 2. The molecule has 0 bridgehead atoms. The van der Waals surface area contributed by atoms with Crippen LogP contribution in [0, 0.1) is 22.7 Å². The molecule has 0 aliphatic carbocycles. The lowest BCUT2D eigenvalue weighted by atomic mass is 10.2. The van der Waals surface area contributed by atoms with Crippen LogP contribution in [0.4, 0.5) is 0 Å². The first-order valence-corrected chi connectivity index (χ1v) is 8.26. The van der Waals surface area contributed by atoms with Crippen LogP contribution in [0.25, 0.3) is 0 Å². The van der Waals surface area contributed by atoms with Crippen molar-refractivity contribution in [1.82, 2.24) is 0 Å².